The van der Waals surface area contributed by atoms with Gasteiger partial charge in [-0.15, -0.1) is 0 Å². The van der Waals surface area contributed by atoms with Crippen LogP contribution in [0.25, 0.3) is 0 Å². The molecule has 0 aliphatic carbocycles. The molecule has 0 aromatic heterocycles. The molecular weight excluding hydrogens is 270 g/mol. The highest BCUT2D eigenvalue weighted by Gasteiger charge is 2.19. The van der Waals surface area contributed by atoms with Crippen molar-refractivity contribution < 1.29 is 9.47 Å². The van der Waals surface area contributed by atoms with E-state index in [2.05, 4.69) is 34.2 Å². The maximum Gasteiger partial charge on any atom is 0.175 e. The van der Waals surface area contributed by atoms with Gasteiger partial charge >= 0.3 is 0 Å². The molecule has 88 valence electrons. The Bertz CT molecular complexity index is 393. The zero-order valence-corrected chi connectivity index (χ0v) is 11.2. The van der Waals surface area contributed by atoms with Crippen LogP contribution < -0.4 is 14.8 Å². The van der Waals surface area contributed by atoms with Crippen LogP contribution in [0, 0.1) is 6.92 Å². The van der Waals surface area contributed by atoms with Crippen molar-refractivity contribution in [2.75, 3.05) is 26.8 Å². The fraction of sp³-hybridized carbons (Fsp3) is 0.500. The molecule has 0 unspecified atom stereocenters. The van der Waals surface area contributed by atoms with E-state index in [4.69, 9.17) is 9.47 Å². The highest BCUT2D eigenvalue weighted by Crippen LogP contribution is 2.41. The molecule has 1 heterocycles. The molecule has 4 heteroatoms. The summed E-state index contributed by atoms with van der Waals surface area (Å²) in [5.74, 6) is 1.70. The van der Waals surface area contributed by atoms with Gasteiger partial charge in [0.25, 0.3) is 0 Å². The zero-order valence-electron chi connectivity index (χ0n) is 9.60. The highest BCUT2D eigenvalue weighted by atomic mass is 79.9. The van der Waals surface area contributed by atoms with Crippen LogP contribution in [0.1, 0.15) is 11.1 Å². The smallest absolute Gasteiger partial charge is 0.175 e. The molecule has 1 aromatic carbocycles. The van der Waals surface area contributed by atoms with Gasteiger partial charge in [-0.3, -0.25) is 0 Å². The first-order valence-corrected chi connectivity index (χ1v) is 6.25. The van der Waals surface area contributed by atoms with Crippen LogP contribution in [0.4, 0.5) is 0 Å². The molecule has 0 fully saturated rings. The summed E-state index contributed by atoms with van der Waals surface area (Å²) in [5.41, 5.74) is 2.53. The molecule has 0 saturated heterocycles. The molecule has 0 bridgehead atoms. The van der Waals surface area contributed by atoms with Gasteiger partial charge < -0.3 is 14.8 Å². The lowest BCUT2D eigenvalue weighted by Crippen LogP contribution is -2.17. The summed E-state index contributed by atoms with van der Waals surface area (Å²) in [6, 6.07) is 2.09. The minimum Gasteiger partial charge on any atom is -0.486 e. The molecule has 0 atom stereocenters. The van der Waals surface area contributed by atoms with Crippen molar-refractivity contribution in [1.82, 2.24) is 5.32 Å². The van der Waals surface area contributed by atoms with Crippen LogP contribution in [0.5, 0.6) is 11.5 Å². The summed E-state index contributed by atoms with van der Waals surface area (Å²) in [4.78, 5) is 0. The SMILES string of the molecule is CNCCc1cc2c(c(Br)c1C)OCCO2. The normalized spacial score (nSPS) is 13.9. The van der Waals surface area contributed by atoms with E-state index in [0.29, 0.717) is 13.2 Å². The van der Waals surface area contributed by atoms with Gasteiger partial charge in [0.1, 0.15) is 13.2 Å². The molecule has 0 spiro atoms. The van der Waals surface area contributed by atoms with Crippen LogP contribution in [0.2, 0.25) is 0 Å². The Morgan fingerprint density at radius 2 is 2.12 bits per heavy atom. The lowest BCUT2D eigenvalue weighted by atomic mass is 10.0. The van der Waals surface area contributed by atoms with Gasteiger partial charge in [0.05, 0.1) is 4.47 Å². The lowest BCUT2D eigenvalue weighted by Gasteiger charge is -2.22. The minimum atomic E-state index is 0.626. The third-order valence-electron chi connectivity index (χ3n) is 2.77. The summed E-state index contributed by atoms with van der Waals surface area (Å²) >= 11 is 3.58. The Morgan fingerprint density at radius 1 is 1.38 bits per heavy atom. The standard InChI is InChI=1S/C12H16BrNO2/c1-8-9(3-4-14-2)7-10-12(11(8)13)16-6-5-15-10/h7,14H,3-6H2,1-2H3. The van der Waals surface area contributed by atoms with E-state index in [9.17, 15) is 0 Å². The van der Waals surface area contributed by atoms with E-state index >= 15 is 0 Å². The van der Waals surface area contributed by atoms with E-state index in [1.54, 1.807) is 0 Å². The number of halogens is 1. The van der Waals surface area contributed by atoms with Gasteiger partial charge in [0.2, 0.25) is 0 Å². The maximum absolute atomic E-state index is 5.61. The van der Waals surface area contributed by atoms with Crippen molar-refractivity contribution in [3.05, 3.63) is 21.7 Å². The number of nitrogens with one attached hydrogen (secondary N) is 1. The summed E-state index contributed by atoms with van der Waals surface area (Å²) in [7, 11) is 1.96. The van der Waals surface area contributed by atoms with Gasteiger partial charge in [-0.05, 0) is 60.1 Å². The average Bonchev–Trinajstić information content (AvgIpc) is 2.32. The van der Waals surface area contributed by atoms with Gasteiger partial charge in [-0.25, -0.2) is 0 Å². The molecule has 2 rings (SSSR count). The number of benzene rings is 1. The Labute approximate surface area is 104 Å². The van der Waals surface area contributed by atoms with E-state index in [0.717, 1.165) is 28.9 Å². The monoisotopic (exact) mass is 285 g/mol. The second-order valence-electron chi connectivity index (χ2n) is 3.85. The predicted octanol–water partition coefficient (Wildman–Crippen LogP) is 2.29. The van der Waals surface area contributed by atoms with Crippen molar-refractivity contribution in [3.63, 3.8) is 0 Å². The summed E-state index contributed by atoms with van der Waals surface area (Å²) in [6.07, 6.45) is 0.998. The van der Waals surface area contributed by atoms with Gasteiger partial charge in [-0.2, -0.15) is 0 Å². The van der Waals surface area contributed by atoms with Crippen molar-refractivity contribution in [2.45, 2.75) is 13.3 Å². The van der Waals surface area contributed by atoms with Crippen LogP contribution >= 0.6 is 15.9 Å². The molecule has 1 aliphatic rings. The third kappa shape index (κ3) is 2.18. The molecule has 0 saturated carbocycles. The first-order chi connectivity index (χ1) is 7.74. The second-order valence-corrected chi connectivity index (χ2v) is 4.65. The van der Waals surface area contributed by atoms with Crippen LogP contribution in [0.3, 0.4) is 0 Å². The number of ether oxygens (including phenoxy) is 2. The third-order valence-corrected chi connectivity index (χ3v) is 3.73. The fourth-order valence-corrected chi connectivity index (χ4v) is 2.37. The Hall–Kier alpha value is -0.740. The van der Waals surface area contributed by atoms with Crippen molar-refractivity contribution in [2.24, 2.45) is 0 Å². The topological polar surface area (TPSA) is 30.5 Å². The quantitative estimate of drug-likeness (QED) is 0.924. The first kappa shape index (κ1) is 11.7. The van der Waals surface area contributed by atoms with E-state index in [1.165, 1.54) is 11.1 Å². The van der Waals surface area contributed by atoms with E-state index in [1.807, 2.05) is 7.05 Å². The van der Waals surface area contributed by atoms with Gasteiger partial charge in [0, 0.05) is 0 Å². The molecule has 1 N–H and O–H groups in total. The summed E-state index contributed by atoms with van der Waals surface area (Å²) in [5, 5.41) is 3.16. The Kier molecular flexibility index (Phi) is 3.71. The largest absolute Gasteiger partial charge is 0.486 e. The number of fused-ring (bicyclic) bond motifs is 1. The van der Waals surface area contributed by atoms with Crippen LogP contribution in [-0.2, 0) is 6.42 Å². The number of rotatable bonds is 3. The molecule has 16 heavy (non-hydrogen) atoms. The Morgan fingerprint density at radius 3 is 2.88 bits per heavy atom. The van der Waals surface area contributed by atoms with Crippen molar-refractivity contribution in [3.8, 4) is 11.5 Å². The molecule has 0 radical (unpaired) electrons. The number of hydrogen-bond donors (Lipinski definition) is 1. The summed E-state index contributed by atoms with van der Waals surface area (Å²) in [6.45, 7) is 4.33. The summed E-state index contributed by atoms with van der Waals surface area (Å²) < 4.78 is 12.2. The van der Waals surface area contributed by atoms with Crippen molar-refractivity contribution >= 4 is 15.9 Å². The zero-order chi connectivity index (χ0) is 11.5. The van der Waals surface area contributed by atoms with Crippen molar-refractivity contribution in [1.29, 1.82) is 0 Å². The molecule has 1 aromatic rings. The second kappa shape index (κ2) is 5.06. The van der Waals surface area contributed by atoms with E-state index < -0.39 is 0 Å². The fourth-order valence-electron chi connectivity index (χ4n) is 1.81. The maximum atomic E-state index is 5.61. The number of hydrogen-bond acceptors (Lipinski definition) is 3. The minimum absolute atomic E-state index is 0.626. The number of likely N-dealkylation sites (N-methyl/N-ethyl adjacent to an activating group) is 1. The van der Waals surface area contributed by atoms with E-state index in [-0.39, 0.29) is 0 Å². The lowest BCUT2D eigenvalue weighted by molar-refractivity contribution is 0.170. The molecular formula is C12H16BrNO2. The molecule has 3 nitrogen and oxygen atoms in total. The highest BCUT2D eigenvalue weighted by molar-refractivity contribution is 9.10. The average molecular weight is 286 g/mol. The van der Waals surface area contributed by atoms with Crippen LogP contribution in [-0.4, -0.2) is 26.8 Å². The van der Waals surface area contributed by atoms with Crippen LogP contribution in [0.15, 0.2) is 10.5 Å². The molecule has 1 aliphatic heterocycles. The predicted molar refractivity (Wildman–Crippen MR) is 67.5 cm³/mol. The van der Waals surface area contributed by atoms with Gasteiger partial charge in [-0.1, -0.05) is 0 Å². The Balaban J connectivity index is 2.36. The first-order valence-electron chi connectivity index (χ1n) is 5.46. The van der Waals surface area contributed by atoms with Gasteiger partial charge in [0.15, 0.2) is 11.5 Å². The molecule has 0 amide bonds.